The molecule has 8 nitrogen and oxygen atoms in total. The summed E-state index contributed by atoms with van der Waals surface area (Å²) in [5.41, 5.74) is 3.03. The van der Waals surface area contributed by atoms with Crippen LogP contribution >= 0.6 is 0 Å². The highest BCUT2D eigenvalue weighted by Gasteiger charge is 2.36. The Balaban J connectivity index is 1.53. The van der Waals surface area contributed by atoms with E-state index in [1.54, 1.807) is 60.7 Å². The summed E-state index contributed by atoms with van der Waals surface area (Å²) in [6, 6.07) is 21.3. The Kier molecular flexibility index (Phi) is 8.87. The lowest BCUT2D eigenvalue weighted by Crippen LogP contribution is -2.23. The van der Waals surface area contributed by atoms with Crippen LogP contribution in [-0.2, 0) is 6.42 Å². The lowest BCUT2D eigenvalue weighted by molar-refractivity contribution is 0.0840. The molecule has 43 heavy (non-hydrogen) atoms. The van der Waals surface area contributed by atoms with E-state index in [2.05, 4.69) is 0 Å². The summed E-state index contributed by atoms with van der Waals surface area (Å²) in [5, 5.41) is 51.5. The zero-order chi connectivity index (χ0) is 30.5. The minimum atomic E-state index is -0.785. The fraction of sp³-hybridized carbons (Fsp3) is 0.229. The highest BCUT2D eigenvalue weighted by Crippen LogP contribution is 2.49. The second-order valence-electron chi connectivity index (χ2n) is 10.7. The molecule has 3 atom stereocenters. The van der Waals surface area contributed by atoms with E-state index >= 15 is 0 Å². The first-order valence-electron chi connectivity index (χ1n) is 14.1. The Morgan fingerprint density at radius 2 is 1.51 bits per heavy atom. The van der Waals surface area contributed by atoms with E-state index in [1.807, 2.05) is 12.2 Å². The van der Waals surface area contributed by atoms with Crippen LogP contribution in [0.5, 0.6) is 34.5 Å². The van der Waals surface area contributed by atoms with Gasteiger partial charge >= 0.3 is 0 Å². The molecule has 0 unspecified atom stereocenters. The van der Waals surface area contributed by atoms with Crippen molar-refractivity contribution in [3.8, 4) is 34.5 Å². The number of aromatic hydroxyl groups is 4. The highest BCUT2D eigenvalue weighted by atomic mass is 16.5. The van der Waals surface area contributed by atoms with E-state index in [0.717, 1.165) is 11.1 Å². The van der Waals surface area contributed by atoms with Crippen molar-refractivity contribution in [2.45, 2.75) is 43.8 Å². The molecule has 4 aromatic rings. The maximum atomic E-state index is 13.5. The molecule has 0 spiro atoms. The Hall–Kier alpha value is -4.95. The first kappa shape index (κ1) is 29.5. The molecule has 5 N–H and O–H groups in total. The number of methoxy groups -OCH3 is 1. The van der Waals surface area contributed by atoms with Crippen molar-refractivity contribution in [3.63, 3.8) is 0 Å². The number of hydrogen-bond donors (Lipinski definition) is 5. The van der Waals surface area contributed by atoms with E-state index in [9.17, 15) is 30.3 Å². The van der Waals surface area contributed by atoms with Crippen LogP contribution in [0.3, 0.4) is 0 Å². The van der Waals surface area contributed by atoms with Crippen LogP contribution in [0.2, 0.25) is 0 Å². The number of carbonyl (C=O) groups is 1. The smallest absolute Gasteiger partial charge is 0.174 e. The van der Waals surface area contributed by atoms with Gasteiger partial charge in [0.15, 0.2) is 5.78 Å². The fourth-order valence-corrected chi connectivity index (χ4v) is 5.38. The van der Waals surface area contributed by atoms with Crippen LogP contribution in [0.1, 0.15) is 63.9 Å². The number of rotatable bonds is 10. The van der Waals surface area contributed by atoms with Crippen molar-refractivity contribution in [3.05, 3.63) is 113 Å². The van der Waals surface area contributed by atoms with Crippen molar-refractivity contribution in [1.29, 1.82) is 0 Å². The van der Waals surface area contributed by atoms with Gasteiger partial charge in [0.1, 0.15) is 46.2 Å². The van der Waals surface area contributed by atoms with Crippen molar-refractivity contribution in [1.82, 2.24) is 0 Å². The average Bonchev–Trinajstić information content (AvgIpc) is 2.99. The number of benzene rings is 4. The van der Waals surface area contributed by atoms with E-state index in [-0.39, 0.29) is 58.7 Å². The van der Waals surface area contributed by atoms with Gasteiger partial charge in [0, 0.05) is 17.5 Å². The van der Waals surface area contributed by atoms with E-state index in [4.69, 9.17) is 9.47 Å². The molecule has 222 valence electrons. The molecule has 1 heterocycles. The third kappa shape index (κ3) is 6.93. The van der Waals surface area contributed by atoms with E-state index in [0.29, 0.717) is 24.0 Å². The van der Waals surface area contributed by atoms with E-state index in [1.165, 1.54) is 25.3 Å². The van der Waals surface area contributed by atoms with Gasteiger partial charge in [-0.05, 0) is 72.4 Å². The summed E-state index contributed by atoms with van der Waals surface area (Å²) in [4.78, 5) is 13.5. The molecule has 0 bridgehead atoms. The number of Topliss-reactive ketones (excluding diaryl/α,β-unsaturated/α-hetero) is 1. The number of fused-ring (bicyclic) bond motifs is 1. The monoisotopic (exact) mass is 582 g/mol. The van der Waals surface area contributed by atoms with Crippen molar-refractivity contribution in [2.75, 3.05) is 7.11 Å². The summed E-state index contributed by atoms with van der Waals surface area (Å²) in [7, 11) is 1.42. The number of phenols is 4. The molecule has 0 radical (unpaired) electrons. The van der Waals surface area contributed by atoms with Gasteiger partial charge < -0.3 is 35.0 Å². The van der Waals surface area contributed by atoms with Crippen LogP contribution in [-0.4, -0.2) is 44.5 Å². The number of allylic oxidation sites excluding steroid dienone is 1. The molecule has 0 saturated heterocycles. The van der Waals surface area contributed by atoms with Gasteiger partial charge in [0.2, 0.25) is 0 Å². The zero-order valence-electron chi connectivity index (χ0n) is 23.7. The Morgan fingerprint density at radius 3 is 2.14 bits per heavy atom. The lowest BCUT2D eigenvalue weighted by Gasteiger charge is -2.31. The number of hydrogen-bond acceptors (Lipinski definition) is 8. The summed E-state index contributed by atoms with van der Waals surface area (Å²) >= 11 is 0. The summed E-state index contributed by atoms with van der Waals surface area (Å²) in [5.74, 6) is -0.151. The molecule has 1 aliphatic heterocycles. The van der Waals surface area contributed by atoms with Crippen LogP contribution in [0.25, 0.3) is 6.08 Å². The van der Waals surface area contributed by atoms with Gasteiger partial charge in [-0.3, -0.25) is 4.79 Å². The lowest BCUT2D eigenvalue weighted by atomic mass is 9.85. The van der Waals surface area contributed by atoms with Crippen molar-refractivity contribution >= 4 is 11.9 Å². The second-order valence-corrected chi connectivity index (χ2v) is 10.7. The Labute approximate surface area is 249 Å². The first-order chi connectivity index (χ1) is 20.7. The Morgan fingerprint density at radius 1 is 0.907 bits per heavy atom. The fourth-order valence-electron chi connectivity index (χ4n) is 5.38. The van der Waals surface area contributed by atoms with Crippen LogP contribution in [0.4, 0.5) is 0 Å². The number of ketones is 1. The molecule has 0 fully saturated rings. The molecule has 0 aliphatic carbocycles. The molecule has 1 aliphatic rings. The number of carbonyl (C=O) groups excluding carboxylic acids is 1. The number of aliphatic hydroxyl groups excluding tert-OH is 1. The topological polar surface area (TPSA) is 137 Å². The number of aliphatic hydroxyl groups is 1. The predicted octanol–water partition coefficient (Wildman–Crippen LogP) is 6.40. The molecule has 4 aromatic carbocycles. The van der Waals surface area contributed by atoms with Gasteiger partial charge in [-0.15, -0.1) is 0 Å². The molecule has 0 saturated carbocycles. The highest BCUT2D eigenvalue weighted by molar-refractivity contribution is 6.03. The van der Waals surface area contributed by atoms with Crippen molar-refractivity contribution < 1.29 is 39.8 Å². The molecular formula is C35H34O8. The number of phenolic OH excluding ortho intramolecular Hbond substituents is 4. The minimum absolute atomic E-state index is 0.0433. The SMILES string of the molecule is COc1cc(O)c([C@H](C=Cc2ccc(O)cc2)C[C@@H](O)CCc2ccc(O)cc2)c2c1C(=O)C[C@@H](c1ccc(O)cc1)O2. The van der Waals surface area contributed by atoms with Crippen LogP contribution in [0.15, 0.2) is 84.9 Å². The summed E-state index contributed by atoms with van der Waals surface area (Å²) in [6.07, 6.45) is 3.47. The summed E-state index contributed by atoms with van der Waals surface area (Å²) in [6.45, 7) is 0. The molecular weight excluding hydrogens is 548 g/mol. The van der Waals surface area contributed by atoms with Crippen molar-refractivity contribution in [2.24, 2.45) is 0 Å². The summed E-state index contributed by atoms with van der Waals surface area (Å²) < 4.78 is 11.9. The molecule has 5 rings (SSSR count). The maximum absolute atomic E-state index is 13.5. The second kappa shape index (κ2) is 12.9. The van der Waals surface area contributed by atoms with Crippen LogP contribution in [0, 0.1) is 0 Å². The quantitative estimate of drug-likeness (QED) is 0.145. The molecule has 0 aromatic heterocycles. The Bertz CT molecular complexity index is 1590. The predicted molar refractivity (Wildman–Crippen MR) is 162 cm³/mol. The van der Waals surface area contributed by atoms with Gasteiger partial charge in [-0.1, -0.05) is 48.6 Å². The van der Waals surface area contributed by atoms with Gasteiger partial charge in [-0.2, -0.15) is 0 Å². The van der Waals surface area contributed by atoms with Crippen LogP contribution < -0.4 is 9.47 Å². The van der Waals surface area contributed by atoms with Gasteiger partial charge in [-0.25, -0.2) is 0 Å². The standard InChI is InChI=1S/C35H34O8/c1-42-32-20-29(40)33(35-34(32)30(41)19-31(43-35)23-9-16-27(38)17-10-23)24(8-2-21-3-11-25(36)12-4-21)18-28(39)15-7-22-5-13-26(37)14-6-22/h2-6,8-14,16-17,20,24,28,31,36-40H,7,15,18-19H2,1H3/t24-,28+,31+/m1/s1. The normalized spacial score (nSPS) is 16.0. The van der Waals surface area contributed by atoms with Gasteiger partial charge in [0.05, 0.1) is 19.6 Å². The molecule has 0 amide bonds. The number of aryl methyl sites for hydroxylation is 1. The molecule has 8 heteroatoms. The largest absolute Gasteiger partial charge is 0.508 e. The minimum Gasteiger partial charge on any atom is -0.508 e. The maximum Gasteiger partial charge on any atom is 0.174 e. The average molecular weight is 583 g/mol. The third-order valence-electron chi connectivity index (χ3n) is 7.67. The first-order valence-corrected chi connectivity index (χ1v) is 14.1. The third-order valence-corrected chi connectivity index (χ3v) is 7.67. The van der Waals surface area contributed by atoms with E-state index < -0.39 is 18.1 Å². The zero-order valence-corrected chi connectivity index (χ0v) is 23.7. The van der Waals surface area contributed by atoms with Gasteiger partial charge in [0.25, 0.3) is 0 Å². The number of ether oxygens (including phenoxy) is 2.